The van der Waals surface area contributed by atoms with E-state index in [0.29, 0.717) is 5.41 Å². The molecule has 3 atom stereocenters. The van der Waals surface area contributed by atoms with Crippen LogP contribution < -0.4 is 5.32 Å². The minimum Gasteiger partial charge on any atom is -0.316 e. The van der Waals surface area contributed by atoms with Gasteiger partial charge in [0.25, 0.3) is 0 Å². The highest BCUT2D eigenvalue weighted by Gasteiger charge is 2.50. The predicted molar refractivity (Wildman–Crippen MR) is 87.4 cm³/mol. The van der Waals surface area contributed by atoms with Crippen LogP contribution in [0.1, 0.15) is 57.3 Å². The molecule has 1 aromatic rings. The highest BCUT2D eigenvalue weighted by atomic mass is 15.3. The van der Waals surface area contributed by atoms with Gasteiger partial charge < -0.3 is 5.32 Å². The number of aryl methyl sites for hydroxylation is 2. The molecule has 2 aliphatic carbocycles. The number of rotatable bonds is 7. The van der Waals surface area contributed by atoms with Crippen LogP contribution in [-0.2, 0) is 13.0 Å². The Hall–Kier alpha value is -0.830. The summed E-state index contributed by atoms with van der Waals surface area (Å²) in [6.07, 6.45) is 8.30. The molecule has 1 heterocycles. The summed E-state index contributed by atoms with van der Waals surface area (Å²) in [4.78, 5) is 0. The average Bonchev–Trinajstić information content (AvgIpc) is 3.14. The third-order valence-corrected chi connectivity index (χ3v) is 5.82. The lowest BCUT2D eigenvalue weighted by Crippen LogP contribution is -2.41. The lowest BCUT2D eigenvalue weighted by molar-refractivity contribution is 0.153. The summed E-state index contributed by atoms with van der Waals surface area (Å²) in [7, 11) is 0. The monoisotopic (exact) mass is 289 g/mol. The van der Waals surface area contributed by atoms with Gasteiger partial charge in [0.15, 0.2) is 0 Å². The van der Waals surface area contributed by atoms with Crippen molar-refractivity contribution in [1.29, 1.82) is 0 Å². The van der Waals surface area contributed by atoms with Crippen LogP contribution in [0.3, 0.4) is 0 Å². The van der Waals surface area contributed by atoms with Crippen LogP contribution in [0.15, 0.2) is 6.07 Å². The molecule has 2 bridgehead atoms. The second-order valence-electron chi connectivity index (χ2n) is 7.39. The number of aromatic nitrogens is 2. The van der Waals surface area contributed by atoms with Crippen molar-refractivity contribution >= 4 is 0 Å². The van der Waals surface area contributed by atoms with Gasteiger partial charge in [0.05, 0.1) is 5.69 Å². The van der Waals surface area contributed by atoms with E-state index >= 15 is 0 Å². The van der Waals surface area contributed by atoms with Crippen LogP contribution in [0.5, 0.6) is 0 Å². The zero-order valence-electron chi connectivity index (χ0n) is 14.0. The summed E-state index contributed by atoms with van der Waals surface area (Å²) < 4.78 is 2.23. The van der Waals surface area contributed by atoms with Crippen molar-refractivity contribution in [2.75, 3.05) is 13.1 Å². The van der Waals surface area contributed by atoms with E-state index in [9.17, 15) is 0 Å². The molecule has 1 N–H and O–H groups in total. The predicted octanol–water partition coefficient (Wildman–Crippen LogP) is 3.56. The van der Waals surface area contributed by atoms with Crippen molar-refractivity contribution in [3.63, 3.8) is 0 Å². The van der Waals surface area contributed by atoms with Crippen LogP contribution in [0.4, 0.5) is 0 Å². The number of hydrogen-bond acceptors (Lipinski definition) is 2. The molecule has 3 rings (SSSR count). The Morgan fingerprint density at radius 1 is 1.38 bits per heavy atom. The van der Waals surface area contributed by atoms with Gasteiger partial charge in [-0.3, -0.25) is 4.68 Å². The SMILES string of the molecule is CCCNCC1(Cc2cc(C)nn2CC)CC2CCC1C2. The van der Waals surface area contributed by atoms with Crippen molar-refractivity contribution < 1.29 is 0 Å². The Morgan fingerprint density at radius 3 is 2.86 bits per heavy atom. The van der Waals surface area contributed by atoms with Crippen molar-refractivity contribution in [3.05, 3.63) is 17.5 Å². The van der Waals surface area contributed by atoms with Crippen molar-refractivity contribution in [2.24, 2.45) is 17.3 Å². The molecule has 0 saturated heterocycles. The van der Waals surface area contributed by atoms with Crippen LogP contribution in [-0.4, -0.2) is 22.9 Å². The van der Waals surface area contributed by atoms with E-state index < -0.39 is 0 Å². The fourth-order valence-electron chi connectivity index (χ4n) is 4.94. The molecular weight excluding hydrogens is 258 g/mol. The van der Waals surface area contributed by atoms with E-state index in [-0.39, 0.29) is 0 Å². The van der Waals surface area contributed by atoms with E-state index in [2.05, 4.69) is 41.9 Å². The fourth-order valence-corrected chi connectivity index (χ4v) is 4.94. The zero-order valence-corrected chi connectivity index (χ0v) is 14.0. The van der Waals surface area contributed by atoms with Gasteiger partial charge in [-0.15, -0.1) is 0 Å². The van der Waals surface area contributed by atoms with E-state index in [1.165, 1.54) is 56.5 Å². The molecule has 0 aromatic carbocycles. The summed E-state index contributed by atoms with van der Waals surface area (Å²) in [5, 5.41) is 8.39. The Kier molecular flexibility index (Phi) is 4.39. The first-order valence-electron chi connectivity index (χ1n) is 8.91. The second-order valence-corrected chi connectivity index (χ2v) is 7.39. The third-order valence-electron chi connectivity index (χ3n) is 5.82. The van der Waals surface area contributed by atoms with Crippen molar-refractivity contribution in [2.45, 2.75) is 65.8 Å². The molecule has 0 radical (unpaired) electrons. The molecule has 3 nitrogen and oxygen atoms in total. The topological polar surface area (TPSA) is 29.9 Å². The average molecular weight is 289 g/mol. The summed E-state index contributed by atoms with van der Waals surface area (Å²) in [6, 6.07) is 2.32. The smallest absolute Gasteiger partial charge is 0.0596 e. The molecule has 2 aliphatic rings. The van der Waals surface area contributed by atoms with E-state index in [1.807, 2.05) is 0 Å². The highest BCUT2D eigenvalue weighted by molar-refractivity contribution is 5.15. The number of nitrogens with zero attached hydrogens (tertiary/aromatic N) is 2. The quantitative estimate of drug-likeness (QED) is 0.778. The van der Waals surface area contributed by atoms with E-state index in [4.69, 9.17) is 0 Å². The minimum absolute atomic E-state index is 0.497. The highest BCUT2D eigenvalue weighted by Crippen LogP contribution is 2.57. The molecule has 1 aromatic heterocycles. The molecule has 0 aliphatic heterocycles. The van der Waals surface area contributed by atoms with E-state index in [0.717, 1.165) is 24.9 Å². The molecule has 3 unspecified atom stereocenters. The lowest BCUT2D eigenvalue weighted by atomic mass is 9.70. The van der Waals surface area contributed by atoms with Gasteiger partial charge in [-0.05, 0) is 75.8 Å². The second kappa shape index (κ2) is 6.12. The standard InChI is InChI=1S/C18H31N3/c1-4-8-19-13-18(11-15-6-7-16(18)10-15)12-17-9-14(3)20-21(17)5-2/h9,15-16,19H,4-8,10-13H2,1-3H3. The van der Waals surface area contributed by atoms with E-state index in [1.54, 1.807) is 0 Å². The maximum atomic E-state index is 4.66. The molecule has 0 amide bonds. The maximum Gasteiger partial charge on any atom is 0.0596 e. The zero-order chi connectivity index (χ0) is 14.9. The van der Waals surface area contributed by atoms with Gasteiger partial charge in [0.1, 0.15) is 0 Å². The molecule has 3 heteroatoms. The lowest BCUT2D eigenvalue weighted by Gasteiger charge is -2.38. The molecule has 2 fully saturated rings. The van der Waals surface area contributed by atoms with Crippen LogP contribution >= 0.6 is 0 Å². The Balaban J connectivity index is 1.79. The van der Waals surface area contributed by atoms with Crippen LogP contribution in [0.2, 0.25) is 0 Å². The first-order valence-corrected chi connectivity index (χ1v) is 8.91. The molecule has 21 heavy (non-hydrogen) atoms. The summed E-state index contributed by atoms with van der Waals surface area (Å²) in [6.45, 7) is 9.95. The molecule has 2 saturated carbocycles. The molecule has 118 valence electrons. The fraction of sp³-hybridized carbons (Fsp3) is 0.833. The van der Waals surface area contributed by atoms with Gasteiger partial charge >= 0.3 is 0 Å². The molecule has 0 spiro atoms. The van der Waals surface area contributed by atoms with Gasteiger partial charge in [-0.25, -0.2) is 0 Å². The van der Waals surface area contributed by atoms with Crippen molar-refractivity contribution in [3.8, 4) is 0 Å². The Labute approximate surface area is 129 Å². The van der Waals surface area contributed by atoms with Gasteiger partial charge in [0, 0.05) is 18.8 Å². The van der Waals surface area contributed by atoms with Gasteiger partial charge in [0.2, 0.25) is 0 Å². The van der Waals surface area contributed by atoms with Crippen LogP contribution in [0, 0.1) is 24.2 Å². The summed E-state index contributed by atoms with van der Waals surface area (Å²) in [5.41, 5.74) is 3.13. The minimum atomic E-state index is 0.497. The van der Waals surface area contributed by atoms with Crippen LogP contribution in [0.25, 0.3) is 0 Å². The first kappa shape index (κ1) is 15.1. The Morgan fingerprint density at radius 2 is 2.24 bits per heavy atom. The number of fused-ring (bicyclic) bond motifs is 2. The third kappa shape index (κ3) is 2.90. The largest absolute Gasteiger partial charge is 0.316 e. The Bertz CT molecular complexity index is 479. The number of hydrogen-bond donors (Lipinski definition) is 1. The summed E-state index contributed by atoms with van der Waals surface area (Å²) >= 11 is 0. The maximum absolute atomic E-state index is 4.66. The number of nitrogens with one attached hydrogen (secondary N) is 1. The normalized spacial score (nSPS) is 31.2. The first-order chi connectivity index (χ1) is 10.2. The molecular formula is C18H31N3. The van der Waals surface area contributed by atoms with Crippen molar-refractivity contribution in [1.82, 2.24) is 15.1 Å². The summed E-state index contributed by atoms with van der Waals surface area (Å²) in [5.74, 6) is 1.94. The van der Waals surface area contributed by atoms with Gasteiger partial charge in [-0.2, -0.15) is 5.10 Å². The van der Waals surface area contributed by atoms with Gasteiger partial charge in [-0.1, -0.05) is 13.3 Å².